The molecule has 0 aromatic carbocycles. The van der Waals surface area contributed by atoms with E-state index >= 15 is 0 Å². The minimum Gasteiger partial charge on any atom is -0.266 e. The molecular weight excluding hydrogens is 191 g/mol. The Morgan fingerprint density at radius 3 is 2.79 bits per heavy atom. The second-order valence-electron chi connectivity index (χ2n) is 3.75. The Bertz CT molecular complexity index is 258. The third-order valence-electron chi connectivity index (χ3n) is 2.47. The van der Waals surface area contributed by atoms with Gasteiger partial charge in [0.1, 0.15) is 0 Å². The average Bonchev–Trinajstić information content (AvgIpc) is 2.28. The Kier molecular flexibility index (Phi) is 3.34. The van der Waals surface area contributed by atoms with Crippen LogP contribution in [0.15, 0.2) is 16.8 Å². The van der Waals surface area contributed by atoms with E-state index in [4.69, 9.17) is 0 Å². The first-order valence-electron chi connectivity index (χ1n) is 4.62. The van der Waals surface area contributed by atoms with E-state index in [-0.39, 0.29) is 5.92 Å². The van der Waals surface area contributed by atoms with Crippen LogP contribution in [0.2, 0.25) is 0 Å². The molecule has 2 unspecified atom stereocenters. The fraction of sp³-hybridized carbons (Fsp3) is 0.700. The third kappa shape index (κ3) is 2.36. The second-order valence-corrected chi connectivity index (χ2v) is 3.75. The Morgan fingerprint density at radius 1 is 1.57 bits per heavy atom. The molecule has 1 aliphatic rings. The Balaban J connectivity index is 2.91. The summed E-state index contributed by atoms with van der Waals surface area (Å²) in [5.41, 5.74) is 0.535. The van der Waals surface area contributed by atoms with Gasteiger partial charge in [0.05, 0.1) is 0 Å². The quantitative estimate of drug-likeness (QED) is 0.656. The largest absolute Gasteiger partial charge is 0.282 e. The van der Waals surface area contributed by atoms with E-state index in [1.807, 2.05) is 0 Å². The Hall–Kier alpha value is -0.800. The van der Waals surface area contributed by atoms with Gasteiger partial charge in [0.15, 0.2) is 6.67 Å². The summed E-state index contributed by atoms with van der Waals surface area (Å²) in [6.07, 6.45) is 3.45. The molecule has 80 valence electrons. The normalized spacial score (nSPS) is 28.5. The molecule has 1 aliphatic heterocycles. The van der Waals surface area contributed by atoms with Crippen molar-refractivity contribution in [2.24, 2.45) is 16.8 Å². The summed E-state index contributed by atoms with van der Waals surface area (Å²) in [5, 5.41) is 0. The van der Waals surface area contributed by atoms with Crippen LogP contribution < -0.4 is 0 Å². The third-order valence-corrected chi connectivity index (χ3v) is 2.47. The SMILES string of the molecule is CC1=CC(C(F)(F)CF)C(C)CC=N1. The molecule has 0 saturated heterocycles. The maximum atomic E-state index is 13.2. The van der Waals surface area contributed by atoms with Gasteiger partial charge in [-0.25, -0.2) is 13.2 Å². The minimum atomic E-state index is -3.27. The van der Waals surface area contributed by atoms with E-state index in [0.29, 0.717) is 12.1 Å². The van der Waals surface area contributed by atoms with Gasteiger partial charge < -0.3 is 0 Å². The van der Waals surface area contributed by atoms with Gasteiger partial charge in [0, 0.05) is 17.8 Å². The zero-order valence-corrected chi connectivity index (χ0v) is 8.30. The molecule has 1 rings (SSSR count). The molecule has 0 aromatic rings. The zero-order valence-electron chi connectivity index (χ0n) is 8.30. The molecular formula is C10H14F3N. The molecule has 0 N–H and O–H groups in total. The summed E-state index contributed by atoms with van der Waals surface area (Å²) in [7, 11) is 0. The van der Waals surface area contributed by atoms with Crippen molar-refractivity contribution in [3.63, 3.8) is 0 Å². The summed E-state index contributed by atoms with van der Waals surface area (Å²) in [5.74, 6) is -4.59. The first kappa shape index (κ1) is 11.3. The van der Waals surface area contributed by atoms with Crippen molar-refractivity contribution in [2.45, 2.75) is 26.2 Å². The van der Waals surface area contributed by atoms with Crippen LogP contribution >= 0.6 is 0 Å². The lowest BCUT2D eigenvalue weighted by Gasteiger charge is -2.25. The molecule has 0 spiro atoms. The maximum absolute atomic E-state index is 13.2. The Morgan fingerprint density at radius 2 is 2.21 bits per heavy atom. The molecule has 14 heavy (non-hydrogen) atoms. The summed E-state index contributed by atoms with van der Waals surface area (Å²) >= 11 is 0. The van der Waals surface area contributed by atoms with Crippen LogP contribution in [0.3, 0.4) is 0 Å². The Labute approximate surface area is 81.7 Å². The first-order valence-corrected chi connectivity index (χ1v) is 4.62. The summed E-state index contributed by atoms with van der Waals surface area (Å²) < 4.78 is 38.5. The van der Waals surface area contributed by atoms with Crippen LogP contribution in [-0.4, -0.2) is 18.8 Å². The fourth-order valence-electron chi connectivity index (χ4n) is 1.60. The highest BCUT2D eigenvalue weighted by atomic mass is 19.3. The molecule has 0 aromatic heterocycles. The highest BCUT2D eigenvalue weighted by molar-refractivity contribution is 5.60. The number of hydrogen-bond acceptors (Lipinski definition) is 1. The number of allylic oxidation sites excluding steroid dienone is 2. The first-order chi connectivity index (χ1) is 6.47. The molecule has 0 saturated carbocycles. The average molecular weight is 205 g/mol. The van der Waals surface area contributed by atoms with Crippen molar-refractivity contribution in [1.29, 1.82) is 0 Å². The molecule has 1 heterocycles. The van der Waals surface area contributed by atoms with Crippen LogP contribution in [0.25, 0.3) is 0 Å². The van der Waals surface area contributed by atoms with Crippen molar-refractivity contribution in [2.75, 3.05) is 6.67 Å². The van der Waals surface area contributed by atoms with E-state index in [9.17, 15) is 13.2 Å². The van der Waals surface area contributed by atoms with Crippen LogP contribution in [0.1, 0.15) is 20.3 Å². The van der Waals surface area contributed by atoms with Gasteiger partial charge >= 0.3 is 0 Å². The summed E-state index contributed by atoms with van der Waals surface area (Å²) in [6, 6.07) is 0. The van der Waals surface area contributed by atoms with E-state index < -0.39 is 18.5 Å². The standard InChI is InChI=1S/C10H14F3N/c1-7-3-4-14-8(2)5-9(7)10(12,13)6-11/h4-5,7,9H,3,6H2,1-2H3. The summed E-state index contributed by atoms with van der Waals surface area (Å²) in [4.78, 5) is 3.95. The molecule has 0 fully saturated rings. The fourth-order valence-corrected chi connectivity index (χ4v) is 1.60. The van der Waals surface area contributed by atoms with Crippen molar-refractivity contribution in [1.82, 2.24) is 0 Å². The number of rotatable bonds is 2. The molecule has 2 atom stereocenters. The minimum absolute atomic E-state index is 0.276. The summed E-state index contributed by atoms with van der Waals surface area (Å²) in [6.45, 7) is 1.73. The molecule has 4 heteroatoms. The van der Waals surface area contributed by atoms with Crippen molar-refractivity contribution in [3.8, 4) is 0 Å². The highest BCUT2D eigenvalue weighted by Crippen LogP contribution is 2.35. The number of alkyl halides is 3. The lowest BCUT2D eigenvalue weighted by Crippen LogP contribution is -2.33. The number of aliphatic imine (C=N–C) groups is 1. The molecule has 0 amide bonds. The molecule has 1 nitrogen and oxygen atoms in total. The topological polar surface area (TPSA) is 12.4 Å². The van der Waals surface area contributed by atoms with Gasteiger partial charge in [0.25, 0.3) is 5.92 Å². The highest BCUT2D eigenvalue weighted by Gasteiger charge is 2.41. The van der Waals surface area contributed by atoms with E-state index in [1.54, 1.807) is 20.1 Å². The van der Waals surface area contributed by atoms with Crippen molar-refractivity contribution < 1.29 is 13.2 Å². The predicted molar refractivity (Wildman–Crippen MR) is 50.4 cm³/mol. The number of nitrogens with zero attached hydrogens (tertiary/aromatic N) is 1. The van der Waals surface area contributed by atoms with Crippen LogP contribution in [-0.2, 0) is 0 Å². The van der Waals surface area contributed by atoms with Gasteiger partial charge in [-0.2, -0.15) is 0 Å². The number of halogens is 3. The van der Waals surface area contributed by atoms with Gasteiger partial charge in [-0.1, -0.05) is 13.0 Å². The van der Waals surface area contributed by atoms with Gasteiger partial charge in [-0.15, -0.1) is 0 Å². The molecule has 0 radical (unpaired) electrons. The van der Waals surface area contributed by atoms with Gasteiger partial charge in [-0.3, -0.25) is 4.99 Å². The number of hydrogen-bond donors (Lipinski definition) is 0. The van der Waals surface area contributed by atoms with Crippen molar-refractivity contribution >= 4 is 6.21 Å². The lowest BCUT2D eigenvalue weighted by molar-refractivity contribution is -0.0746. The van der Waals surface area contributed by atoms with E-state index in [0.717, 1.165) is 0 Å². The predicted octanol–water partition coefficient (Wildman–Crippen LogP) is 3.22. The van der Waals surface area contributed by atoms with E-state index in [1.165, 1.54) is 6.08 Å². The zero-order chi connectivity index (χ0) is 10.8. The van der Waals surface area contributed by atoms with Crippen LogP contribution in [0.4, 0.5) is 13.2 Å². The smallest absolute Gasteiger partial charge is 0.266 e. The van der Waals surface area contributed by atoms with Gasteiger partial charge in [-0.05, 0) is 19.3 Å². The lowest BCUT2D eigenvalue weighted by atomic mass is 9.86. The maximum Gasteiger partial charge on any atom is 0.282 e. The van der Waals surface area contributed by atoms with Crippen LogP contribution in [0, 0.1) is 11.8 Å². The van der Waals surface area contributed by atoms with Gasteiger partial charge in [0.2, 0.25) is 0 Å². The van der Waals surface area contributed by atoms with Crippen LogP contribution in [0.5, 0.6) is 0 Å². The monoisotopic (exact) mass is 205 g/mol. The molecule has 0 bridgehead atoms. The second kappa shape index (κ2) is 4.15. The van der Waals surface area contributed by atoms with E-state index in [2.05, 4.69) is 4.99 Å². The van der Waals surface area contributed by atoms with Crippen molar-refractivity contribution in [3.05, 3.63) is 11.8 Å². The molecule has 0 aliphatic carbocycles.